The molecule has 2 amide bonds. The molecule has 1 saturated carbocycles. The summed E-state index contributed by atoms with van der Waals surface area (Å²) in [6.07, 6.45) is 5.98. The summed E-state index contributed by atoms with van der Waals surface area (Å²) in [4.78, 5) is 25.5. The maximum Gasteiger partial charge on any atom is 0.273 e. The minimum Gasteiger partial charge on any atom is -0.491 e. The van der Waals surface area contributed by atoms with E-state index in [0.29, 0.717) is 61.5 Å². The average molecular weight is 522 g/mol. The number of alkyl halides is 1. The highest BCUT2D eigenvalue weighted by Gasteiger charge is 2.28. The molecular weight excluding hydrogens is 485 g/mol. The monoisotopic (exact) mass is 521 g/mol. The second kappa shape index (κ2) is 13.7. The van der Waals surface area contributed by atoms with Crippen molar-refractivity contribution in [1.29, 1.82) is 0 Å². The number of rotatable bonds is 15. The molecule has 0 saturated heterocycles. The molecule has 0 bridgehead atoms. The van der Waals surface area contributed by atoms with E-state index in [4.69, 9.17) is 4.74 Å². The van der Waals surface area contributed by atoms with E-state index >= 15 is 0 Å². The number of nitrogens with one attached hydrogen (secondary N) is 2. The zero-order chi connectivity index (χ0) is 26.7. The Kier molecular flexibility index (Phi) is 9.84. The molecule has 2 aromatic carbocycles. The first-order chi connectivity index (χ1) is 18.6. The predicted octanol–water partition coefficient (Wildman–Crippen LogP) is 4.60. The summed E-state index contributed by atoms with van der Waals surface area (Å²) >= 11 is 0. The van der Waals surface area contributed by atoms with Gasteiger partial charge in [-0.15, -0.1) is 5.10 Å². The Labute approximate surface area is 223 Å². The first-order valence-corrected chi connectivity index (χ1v) is 13.5. The molecule has 0 atom stereocenters. The third kappa shape index (κ3) is 7.40. The van der Waals surface area contributed by atoms with Crippen LogP contribution in [0.25, 0.3) is 5.69 Å². The zero-order valence-corrected chi connectivity index (χ0v) is 21.9. The smallest absolute Gasteiger partial charge is 0.273 e. The van der Waals surface area contributed by atoms with Gasteiger partial charge in [0.1, 0.15) is 11.4 Å². The zero-order valence-electron chi connectivity index (χ0n) is 21.9. The normalized spacial score (nSPS) is 12.8. The number of aromatic nitrogens is 3. The summed E-state index contributed by atoms with van der Waals surface area (Å²) in [6.45, 7) is 2.45. The van der Waals surface area contributed by atoms with Crippen LogP contribution in [0, 0.1) is 0 Å². The molecule has 0 aliphatic heterocycles. The van der Waals surface area contributed by atoms with Crippen molar-refractivity contribution in [2.75, 3.05) is 19.8 Å². The van der Waals surface area contributed by atoms with Gasteiger partial charge in [0.05, 0.1) is 19.0 Å². The van der Waals surface area contributed by atoms with E-state index in [9.17, 15) is 14.0 Å². The topological polar surface area (TPSA) is 98.1 Å². The van der Waals surface area contributed by atoms with E-state index in [2.05, 4.69) is 33.1 Å². The van der Waals surface area contributed by atoms with Crippen LogP contribution in [0.15, 0.2) is 48.5 Å². The van der Waals surface area contributed by atoms with Crippen LogP contribution in [0.5, 0.6) is 5.75 Å². The summed E-state index contributed by atoms with van der Waals surface area (Å²) in [6, 6.07) is 15.6. The van der Waals surface area contributed by atoms with Crippen molar-refractivity contribution < 1.29 is 18.7 Å². The standard InChI is InChI=1S/C29H36FN5O3/c1-2-31-28(36)22-14-17-24(26(20-22)38-19-9-12-21-10-5-3-6-11-21)35-25(13-7-4-8-18-30)27(33-34-35)29(37)32-23-15-16-23/h3,5-6,10-11,14,17,20,23H,2,4,7-9,12-13,15-16,18-19H2,1H3,(H,31,36)(H,32,37). The molecule has 0 spiro atoms. The van der Waals surface area contributed by atoms with Gasteiger partial charge in [-0.25, -0.2) is 4.68 Å². The van der Waals surface area contributed by atoms with Gasteiger partial charge in [0.15, 0.2) is 5.69 Å². The number of hydrogen-bond donors (Lipinski definition) is 2. The molecular formula is C29H36FN5O3. The molecule has 202 valence electrons. The SMILES string of the molecule is CCNC(=O)c1ccc(-n2nnc(C(=O)NC3CC3)c2CCCCCF)c(OCCCc2ccccc2)c1. The molecule has 1 fully saturated rings. The lowest BCUT2D eigenvalue weighted by Gasteiger charge is -2.15. The third-order valence-corrected chi connectivity index (χ3v) is 6.44. The Bertz CT molecular complexity index is 1210. The minimum absolute atomic E-state index is 0.187. The highest BCUT2D eigenvalue weighted by Crippen LogP contribution is 2.28. The van der Waals surface area contributed by atoms with Crippen LogP contribution in [0.3, 0.4) is 0 Å². The third-order valence-electron chi connectivity index (χ3n) is 6.44. The van der Waals surface area contributed by atoms with E-state index in [-0.39, 0.29) is 30.2 Å². The Morgan fingerprint density at radius 1 is 1.03 bits per heavy atom. The molecule has 1 heterocycles. The quantitative estimate of drug-likeness (QED) is 0.285. The number of aryl methyl sites for hydroxylation is 1. The van der Waals surface area contributed by atoms with Crippen molar-refractivity contribution in [2.24, 2.45) is 0 Å². The molecule has 1 aliphatic carbocycles. The highest BCUT2D eigenvalue weighted by atomic mass is 19.1. The van der Waals surface area contributed by atoms with Gasteiger partial charge in [-0.2, -0.15) is 0 Å². The Hall–Kier alpha value is -3.75. The van der Waals surface area contributed by atoms with Gasteiger partial charge in [-0.1, -0.05) is 42.0 Å². The molecule has 8 nitrogen and oxygen atoms in total. The summed E-state index contributed by atoms with van der Waals surface area (Å²) in [5.74, 6) is 0.0529. The minimum atomic E-state index is -0.366. The number of carbonyl (C=O) groups excluding carboxylic acids is 2. The lowest BCUT2D eigenvalue weighted by Crippen LogP contribution is -2.27. The Morgan fingerprint density at radius 2 is 1.84 bits per heavy atom. The van der Waals surface area contributed by atoms with Crippen LogP contribution in [-0.2, 0) is 12.8 Å². The largest absolute Gasteiger partial charge is 0.491 e. The first-order valence-electron chi connectivity index (χ1n) is 13.5. The fourth-order valence-corrected chi connectivity index (χ4v) is 4.25. The fraction of sp³-hybridized carbons (Fsp3) is 0.448. The summed E-state index contributed by atoms with van der Waals surface area (Å²) in [5.41, 5.74) is 3.24. The number of halogens is 1. The molecule has 1 aromatic heterocycles. The van der Waals surface area contributed by atoms with Gasteiger partial charge in [0.2, 0.25) is 0 Å². The van der Waals surface area contributed by atoms with Gasteiger partial charge in [0.25, 0.3) is 11.8 Å². The van der Waals surface area contributed by atoms with Crippen LogP contribution in [0.4, 0.5) is 4.39 Å². The Balaban J connectivity index is 1.60. The fourth-order valence-electron chi connectivity index (χ4n) is 4.25. The summed E-state index contributed by atoms with van der Waals surface area (Å²) < 4.78 is 20.5. The number of carbonyl (C=O) groups is 2. The molecule has 0 unspecified atom stereocenters. The van der Waals surface area contributed by atoms with Crippen molar-refractivity contribution in [2.45, 2.75) is 64.3 Å². The van der Waals surface area contributed by atoms with E-state index in [1.165, 1.54) is 5.56 Å². The van der Waals surface area contributed by atoms with Crippen LogP contribution in [0.2, 0.25) is 0 Å². The predicted molar refractivity (Wildman–Crippen MR) is 144 cm³/mol. The van der Waals surface area contributed by atoms with Crippen molar-refractivity contribution in [1.82, 2.24) is 25.6 Å². The molecule has 2 N–H and O–H groups in total. The second-order valence-electron chi connectivity index (χ2n) is 9.52. The highest BCUT2D eigenvalue weighted by molar-refractivity contribution is 5.95. The van der Waals surface area contributed by atoms with E-state index < -0.39 is 0 Å². The molecule has 9 heteroatoms. The van der Waals surface area contributed by atoms with E-state index in [1.807, 2.05) is 25.1 Å². The van der Waals surface area contributed by atoms with Gasteiger partial charge < -0.3 is 15.4 Å². The molecule has 4 rings (SSSR count). The van der Waals surface area contributed by atoms with Crippen molar-refractivity contribution in [3.63, 3.8) is 0 Å². The van der Waals surface area contributed by atoms with Gasteiger partial charge >= 0.3 is 0 Å². The first kappa shape index (κ1) is 27.3. The van der Waals surface area contributed by atoms with Crippen molar-refractivity contribution in [3.05, 3.63) is 71.0 Å². The van der Waals surface area contributed by atoms with Crippen LogP contribution in [-0.4, -0.2) is 52.7 Å². The van der Waals surface area contributed by atoms with Crippen molar-refractivity contribution >= 4 is 11.8 Å². The second-order valence-corrected chi connectivity index (χ2v) is 9.52. The van der Waals surface area contributed by atoms with Gasteiger partial charge in [-0.05, 0) is 75.6 Å². The molecule has 3 aromatic rings. The summed E-state index contributed by atoms with van der Waals surface area (Å²) in [7, 11) is 0. The molecule has 1 aliphatic rings. The number of nitrogens with zero attached hydrogens (tertiary/aromatic N) is 3. The number of unbranched alkanes of at least 4 members (excludes halogenated alkanes) is 2. The average Bonchev–Trinajstić information content (AvgIpc) is 3.65. The molecule has 38 heavy (non-hydrogen) atoms. The van der Waals surface area contributed by atoms with Crippen LogP contribution in [0.1, 0.15) is 77.6 Å². The van der Waals surface area contributed by atoms with Gasteiger partial charge in [-0.3, -0.25) is 14.0 Å². The number of ether oxygens (including phenoxy) is 1. The number of benzene rings is 2. The summed E-state index contributed by atoms with van der Waals surface area (Å²) in [5, 5.41) is 14.4. The van der Waals surface area contributed by atoms with Gasteiger partial charge in [0, 0.05) is 18.2 Å². The maximum atomic E-state index is 12.9. The van der Waals surface area contributed by atoms with E-state index in [0.717, 1.165) is 25.7 Å². The lowest BCUT2D eigenvalue weighted by atomic mass is 10.1. The van der Waals surface area contributed by atoms with Crippen molar-refractivity contribution in [3.8, 4) is 11.4 Å². The number of hydrogen-bond acceptors (Lipinski definition) is 5. The van der Waals surface area contributed by atoms with Crippen LogP contribution >= 0.6 is 0 Å². The molecule has 0 radical (unpaired) electrons. The van der Waals surface area contributed by atoms with E-state index in [1.54, 1.807) is 22.9 Å². The Morgan fingerprint density at radius 3 is 2.58 bits per heavy atom. The maximum absolute atomic E-state index is 12.9. The van der Waals surface area contributed by atoms with Crippen LogP contribution < -0.4 is 15.4 Å². The lowest BCUT2D eigenvalue weighted by molar-refractivity contribution is 0.0940. The number of amides is 2.